The van der Waals surface area contributed by atoms with E-state index in [4.69, 9.17) is 0 Å². The Morgan fingerprint density at radius 2 is 1.82 bits per heavy atom. The average Bonchev–Trinajstić information content (AvgIpc) is 3.34. The fraction of sp³-hybridized carbons (Fsp3) is 0.588. The highest BCUT2D eigenvalue weighted by atomic mass is 15.2. The molecule has 1 saturated carbocycles. The molecule has 2 aliphatic rings. The number of nitrogens with zero attached hydrogens (tertiary/aromatic N) is 4. The second kappa shape index (κ2) is 5.38. The largest absolute Gasteiger partial charge is 0.356 e. The molecule has 2 fully saturated rings. The van der Waals surface area contributed by atoms with Gasteiger partial charge in [-0.15, -0.1) is 0 Å². The molecule has 22 heavy (non-hydrogen) atoms. The molecule has 5 heteroatoms. The van der Waals surface area contributed by atoms with E-state index in [1.165, 1.54) is 24.2 Å². The number of anilines is 1. The number of H-pyrrole nitrogens is 1. The number of aromatic amines is 1. The van der Waals surface area contributed by atoms with E-state index in [9.17, 15) is 0 Å². The van der Waals surface area contributed by atoms with Crippen LogP contribution in [0.3, 0.4) is 0 Å². The van der Waals surface area contributed by atoms with Gasteiger partial charge in [0.2, 0.25) is 0 Å². The van der Waals surface area contributed by atoms with Crippen molar-refractivity contribution in [1.29, 1.82) is 0 Å². The molecule has 1 N–H and O–H groups in total. The highest BCUT2D eigenvalue weighted by Gasteiger charge is 2.27. The maximum absolute atomic E-state index is 4.68. The Kier molecular flexibility index (Phi) is 3.36. The number of rotatable bonds is 3. The highest BCUT2D eigenvalue weighted by Crippen LogP contribution is 2.39. The lowest BCUT2D eigenvalue weighted by atomic mass is 9.96. The molecule has 0 radical (unpaired) electrons. The zero-order valence-corrected chi connectivity index (χ0v) is 13.3. The fourth-order valence-electron chi connectivity index (χ4n) is 3.29. The second-order valence-electron chi connectivity index (χ2n) is 6.67. The van der Waals surface area contributed by atoms with Crippen LogP contribution in [0.2, 0.25) is 0 Å². The fourth-order valence-corrected chi connectivity index (χ4v) is 3.29. The molecule has 0 atom stereocenters. The quantitative estimate of drug-likeness (QED) is 0.946. The van der Waals surface area contributed by atoms with Gasteiger partial charge in [-0.1, -0.05) is 0 Å². The number of nitrogens with one attached hydrogen (secondary N) is 1. The summed E-state index contributed by atoms with van der Waals surface area (Å²) in [7, 11) is 0. The van der Waals surface area contributed by atoms with Gasteiger partial charge in [-0.3, -0.25) is 0 Å². The van der Waals surface area contributed by atoms with Gasteiger partial charge in [-0.2, -0.15) is 0 Å². The predicted octanol–water partition coefficient (Wildman–Crippen LogP) is 3.08. The summed E-state index contributed by atoms with van der Waals surface area (Å²) in [6.45, 7) is 6.27. The number of piperidine rings is 1. The number of aromatic nitrogens is 4. The van der Waals surface area contributed by atoms with Crippen LogP contribution < -0.4 is 4.90 Å². The van der Waals surface area contributed by atoms with E-state index < -0.39 is 0 Å². The summed E-state index contributed by atoms with van der Waals surface area (Å²) < 4.78 is 0. The van der Waals surface area contributed by atoms with Crippen molar-refractivity contribution in [2.45, 2.75) is 51.4 Å². The van der Waals surface area contributed by atoms with Gasteiger partial charge in [-0.25, -0.2) is 15.0 Å². The van der Waals surface area contributed by atoms with Crippen LogP contribution >= 0.6 is 0 Å². The van der Waals surface area contributed by atoms with Crippen molar-refractivity contribution in [2.24, 2.45) is 0 Å². The number of aryl methyl sites for hydroxylation is 2. The van der Waals surface area contributed by atoms with Gasteiger partial charge in [0, 0.05) is 42.4 Å². The van der Waals surface area contributed by atoms with Crippen molar-refractivity contribution >= 4 is 5.82 Å². The van der Waals surface area contributed by atoms with Crippen LogP contribution in [-0.4, -0.2) is 33.0 Å². The minimum atomic E-state index is 0.549. The third-order valence-corrected chi connectivity index (χ3v) is 5.02. The molecule has 0 amide bonds. The van der Waals surface area contributed by atoms with Gasteiger partial charge >= 0.3 is 0 Å². The van der Waals surface area contributed by atoms with E-state index >= 15 is 0 Å². The van der Waals surface area contributed by atoms with Crippen molar-refractivity contribution in [2.75, 3.05) is 18.0 Å². The van der Waals surface area contributed by atoms with Crippen LogP contribution in [0.15, 0.2) is 12.4 Å². The molecule has 0 bridgehead atoms. The Balaban J connectivity index is 1.44. The molecule has 1 aliphatic heterocycles. The molecule has 0 unspecified atom stereocenters. The van der Waals surface area contributed by atoms with Gasteiger partial charge in [-0.05, 0) is 39.5 Å². The summed E-state index contributed by atoms with van der Waals surface area (Å²) in [6.07, 6.45) is 6.57. The predicted molar refractivity (Wildman–Crippen MR) is 86.3 cm³/mol. The molecule has 1 aliphatic carbocycles. The van der Waals surface area contributed by atoms with E-state index in [-0.39, 0.29) is 0 Å². The first-order chi connectivity index (χ1) is 10.7. The molecule has 2 aromatic rings. The van der Waals surface area contributed by atoms with Gasteiger partial charge in [0.25, 0.3) is 0 Å². The van der Waals surface area contributed by atoms with Crippen LogP contribution in [0.4, 0.5) is 5.82 Å². The zero-order chi connectivity index (χ0) is 15.1. The topological polar surface area (TPSA) is 57.7 Å². The SMILES string of the molecule is Cc1nc(C2CCN(c3cc(C4CC4)ncn3)CC2)[nH]c1C. The van der Waals surface area contributed by atoms with E-state index in [0.717, 1.165) is 43.3 Å². The Morgan fingerprint density at radius 1 is 1.05 bits per heavy atom. The molecular formula is C17H23N5. The normalized spacial score (nSPS) is 19.6. The molecule has 0 aromatic carbocycles. The smallest absolute Gasteiger partial charge is 0.132 e. The first-order valence-corrected chi connectivity index (χ1v) is 8.30. The highest BCUT2D eigenvalue weighted by molar-refractivity contribution is 5.41. The molecule has 1 saturated heterocycles. The van der Waals surface area contributed by atoms with E-state index in [0.29, 0.717) is 11.8 Å². The van der Waals surface area contributed by atoms with Gasteiger partial charge in [0.1, 0.15) is 18.0 Å². The zero-order valence-electron chi connectivity index (χ0n) is 13.3. The number of hydrogen-bond acceptors (Lipinski definition) is 4. The van der Waals surface area contributed by atoms with Crippen molar-refractivity contribution in [3.63, 3.8) is 0 Å². The van der Waals surface area contributed by atoms with E-state index in [1.807, 2.05) is 0 Å². The van der Waals surface area contributed by atoms with Gasteiger partial charge in [0.15, 0.2) is 0 Å². The van der Waals surface area contributed by atoms with Crippen LogP contribution in [0.1, 0.15) is 60.4 Å². The summed E-state index contributed by atoms with van der Waals surface area (Å²) in [6, 6.07) is 2.19. The van der Waals surface area contributed by atoms with Crippen molar-refractivity contribution < 1.29 is 0 Å². The summed E-state index contributed by atoms with van der Waals surface area (Å²) in [4.78, 5) is 19.4. The lowest BCUT2D eigenvalue weighted by molar-refractivity contribution is 0.485. The van der Waals surface area contributed by atoms with Crippen molar-refractivity contribution in [3.8, 4) is 0 Å². The molecule has 5 nitrogen and oxygen atoms in total. The monoisotopic (exact) mass is 297 g/mol. The Hall–Kier alpha value is -1.91. The minimum absolute atomic E-state index is 0.549. The van der Waals surface area contributed by atoms with Crippen LogP contribution in [0.25, 0.3) is 0 Å². The maximum Gasteiger partial charge on any atom is 0.132 e. The lowest BCUT2D eigenvalue weighted by Crippen LogP contribution is -2.33. The molecule has 0 spiro atoms. The van der Waals surface area contributed by atoms with Crippen molar-refractivity contribution in [1.82, 2.24) is 19.9 Å². The average molecular weight is 297 g/mol. The van der Waals surface area contributed by atoms with E-state index in [1.54, 1.807) is 6.33 Å². The molecule has 2 aromatic heterocycles. The Morgan fingerprint density at radius 3 is 2.45 bits per heavy atom. The van der Waals surface area contributed by atoms with Crippen LogP contribution in [-0.2, 0) is 0 Å². The van der Waals surface area contributed by atoms with Gasteiger partial charge in [0.05, 0.1) is 5.69 Å². The standard InChI is InChI=1S/C17H23N5/c1-11-12(2)21-17(20-11)14-5-7-22(8-6-14)16-9-15(13-3-4-13)18-10-19-16/h9-10,13-14H,3-8H2,1-2H3,(H,20,21). The van der Waals surface area contributed by atoms with Gasteiger partial charge < -0.3 is 9.88 Å². The third kappa shape index (κ3) is 2.60. The summed E-state index contributed by atoms with van der Waals surface area (Å²) in [5, 5.41) is 0. The number of hydrogen-bond donors (Lipinski definition) is 1. The molecule has 116 valence electrons. The Labute approximate surface area is 131 Å². The molecule has 3 heterocycles. The third-order valence-electron chi connectivity index (χ3n) is 5.02. The van der Waals surface area contributed by atoms with Crippen LogP contribution in [0, 0.1) is 13.8 Å². The lowest BCUT2D eigenvalue weighted by Gasteiger charge is -2.32. The minimum Gasteiger partial charge on any atom is -0.356 e. The number of imidazole rings is 1. The molecular weight excluding hydrogens is 274 g/mol. The summed E-state index contributed by atoms with van der Waals surface area (Å²) >= 11 is 0. The van der Waals surface area contributed by atoms with E-state index in [2.05, 4.69) is 44.7 Å². The van der Waals surface area contributed by atoms with Crippen molar-refractivity contribution in [3.05, 3.63) is 35.3 Å². The molecule has 4 rings (SSSR count). The van der Waals surface area contributed by atoms with Crippen LogP contribution in [0.5, 0.6) is 0 Å². The summed E-state index contributed by atoms with van der Waals surface area (Å²) in [5.41, 5.74) is 3.55. The Bertz CT molecular complexity index is 646. The first-order valence-electron chi connectivity index (χ1n) is 8.30. The second-order valence-corrected chi connectivity index (χ2v) is 6.67. The first kappa shape index (κ1) is 13.7. The maximum atomic E-state index is 4.68. The summed E-state index contributed by atoms with van der Waals surface area (Å²) in [5.74, 6) is 3.50.